The molecule has 4 nitrogen and oxygen atoms in total. The third kappa shape index (κ3) is 0.534. The van der Waals surface area contributed by atoms with Crippen LogP contribution in [0.15, 0.2) is 0 Å². The molecule has 0 amide bonds. The van der Waals surface area contributed by atoms with E-state index in [4.69, 9.17) is 5.11 Å². The Balaban J connectivity index is 2.48. The summed E-state index contributed by atoms with van der Waals surface area (Å²) in [4.78, 5) is 19.4. The van der Waals surface area contributed by atoms with Crippen molar-refractivity contribution < 1.29 is 19.4 Å². The van der Waals surface area contributed by atoms with Crippen molar-refractivity contribution in [3.63, 3.8) is 0 Å². The Bertz CT molecular complexity index is 127. The minimum absolute atomic E-state index is 0.646. The van der Waals surface area contributed by atoms with Gasteiger partial charge in [0.05, 0.1) is 0 Å². The van der Waals surface area contributed by atoms with Gasteiger partial charge in [-0.15, -0.1) is 0 Å². The quantitative estimate of drug-likeness (QED) is 0.340. The topological polar surface area (TPSA) is 66.9 Å². The maximum absolute atomic E-state index is 9.73. The highest BCUT2D eigenvalue weighted by molar-refractivity contribution is 6.07. The molecule has 1 atom stereocenters. The van der Waals surface area contributed by atoms with E-state index in [1.54, 1.807) is 0 Å². The fourth-order valence-electron chi connectivity index (χ4n) is 0.233. The summed E-state index contributed by atoms with van der Waals surface area (Å²) in [5, 5.41) is 7.88. The van der Waals surface area contributed by atoms with Gasteiger partial charge in [0.1, 0.15) is 0 Å². The number of hydrogen-bond donors (Lipinski definition) is 1. The molecular formula is C3H2O4. The van der Waals surface area contributed by atoms with Crippen LogP contribution in [0.2, 0.25) is 0 Å². The molecule has 0 bridgehead atoms. The molecule has 1 unspecified atom stereocenters. The Kier molecular flexibility index (Phi) is 0.563. The van der Waals surface area contributed by atoms with Crippen molar-refractivity contribution in [3.05, 3.63) is 0 Å². The molecule has 0 spiro atoms. The number of rotatable bonds is 1. The van der Waals surface area contributed by atoms with Gasteiger partial charge in [-0.25, -0.2) is 9.59 Å². The molecule has 0 saturated carbocycles. The van der Waals surface area contributed by atoms with Crippen LogP contribution in [-0.4, -0.2) is 23.1 Å². The van der Waals surface area contributed by atoms with Crippen molar-refractivity contribution in [1.29, 1.82) is 0 Å². The molecule has 0 radical (unpaired) electrons. The van der Waals surface area contributed by atoms with Crippen LogP contribution in [0, 0.1) is 0 Å². The van der Waals surface area contributed by atoms with E-state index in [9.17, 15) is 9.59 Å². The maximum Gasteiger partial charge on any atom is 0.360 e. The number of hydrogen-bond acceptors (Lipinski definition) is 3. The molecule has 0 aliphatic carbocycles. The molecule has 0 aromatic heterocycles. The fraction of sp³-hybridized carbons (Fsp3) is 0.333. The van der Waals surface area contributed by atoms with Crippen LogP contribution >= 0.6 is 0 Å². The van der Waals surface area contributed by atoms with Crippen LogP contribution in [0.1, 0.15) is 0 Å². The minimum Gasteiger partial charge on any atom is -0.478 e. The molecule has 1 aliphatic rings. The highest BCUT2D eigenvalue weighted by Crippen LogP contribution is 2.10. The molecule has 1 fully saturated rings. The Morgan fingerprint density at radius 3 is 2.29 bits per heavy atom. The summed E-state index contributed by atoms with van der Waals surface area (Å²) >= 11 is 0. The normalized spacial score (nSPS) is 26.3. The largest absolute Gasteiger partial charge is 0.478 e. The molecule has 38 valence electrons. The van der Waals surface area contributed by atoms with E-state index in [1.165, 1.54) is 0 Å². The second-order valence-electron chi connectivity index (χ2n) is 1.16. The van der Waals surface area contributed by atoms with Gasteiger partial charge >= 0.3 is 11.9 Å². The first kappa shape index (κ1) is 4.11. The molecule has 1 N–H and O–H groups in total. The van der Waals surface area contributed by atoms with Crippen LogP contribution in [0.3, 0.4) is 0 Å². The van der Waals surface area contributed by atoms with Crippen LogP contribution in [0.5, 0.6) is 0 Å². The van der Waals surface area contributed by atoms with Gasteiger partial charge in [0, 0.05) is 0 Å². The van der Waals surface area contributed by atoms with Gasteiger partial charge in [-0.3, -0.25) is 0 Å². The average molecular weight is 102 g/mol. The van der Waals surface area contributed by atoms with Gasteiger partial charge in [0.2, 0.25) is 0 Å². The van der Waals surface area contributed by atoms with Gasteiger partial charge in [-0.05, 0) is 0 Å². The monoisotopic (exact) mass is 102 g/mol. The van der Waals surface area contributed by atoms with Gasteiger partial charge in [-0.1, -0.05) is 0 Å². The van der Waals surface area contributed by atoms with Crippen molar-refractivity contribution in [1.82, 2.24) is 0 Å². The van der Waals surface area contributed by atoms with E-state index >= 15 is 0 Å². The number of carboxylic acid groups (broad SMARTS) is 1. The minimum atomic E-state index is -1.20. The maximum atomic E-state index is 9.73. The predicted molar refractivity (Wildman–Crippen MR) is 17.5 cm³/mol. The number of ether oxygens (including phenoxy) is 1. The van der Waals surface area contributed by atoms with E-state index in [2.05, 4.69) is 4.74 Å². The van der Waals surface area contributed by atoms with Crippen LogP contribution in [0.4, 0.5) is 0 Å². The zero-order chi connectivity index (χ0) is 5.44. The molecule has 4 heteroatoms. The van der Waals surface area contributed by atoms with Crippen molar-refractivity contribution in [2.75, 3.05) is 0 Å². The number of carbonyl (C=O) groups is 2. The summed E-state index contributed by atoms with van der Waals surface area (Å²) in [6.07, 6.45) is -1.15. The van der Waals surface area contributed by atoms with Crippen LogP contribution in [-0.2, 0) is 14.3 Å². The van der Waals surface area contributed by atoms with E-state index in [-0.39, 0.29) is 0 Å². The van der Waals surface area contributed by atoms with Gasteiger partial charge in [0.25, 0.3) is 6.10 Å². The number of carboxylic acids is 1. The van der Waals surface area contributed by atoms with Crippen molar-refractivity contribution in [2.24, 2.45) is 0 Å². The first-order valence-corrected chi connectivity index (χ1v) is 1.65. The average Bonchev–Trinajstić information content (AvgIpc) is 2.17. The van der Waals surface area contributed by atoms with Crippen LogP contribution in [0.25, 0.3) is 0 Å². The zero-order valence-electron chi connectivity index (χ0n) is 3.25. The summed E-state index contributed by atoms with van der Waals surface area (Å²) in [7, 11) is 0. The molecule has 1 aliphatic heterocycles. The Morgan fingerprint density at radius 2 is 2.29 bits per heavy atom. The predicted octanol–water partition coefficient (Wildman–Crippen LogP) is -1.00. The molecule has 0 aromatic rings. The fourth-order valence-corrected chi connectivity index (χ4v) is 0.233. The summed E-state index contributed by atoms with van der Waals surface area (Å²) in [5.41, 5.74) is 0. The lowest BCUT2D eigenvalue weighted by atomic mass is 10.5. The van der Waals surface area contributed by atoms with Crippen molar-refractivity contribution >= 4 is 11.9 Å². The first-order valence-electron chi connectivity index (χ1n) is 1.65. The standard InChI is InChI=1S/C3H2O4/c4-2(5)1-3(6)7-1/h1H,(H,4,5). The summed E-state index contributed by atoms with van der Waals surface area (Å²) < 4.78 is 3.94. The first-order chi connectivity index (χ1) is 3.22. The zero-order valence-corrected chi connectivity index (χ0v) is 3.25. The van der Waals surface area contributed by atoms with E-state index < -0.39 is 18.0 Å². The Labute approximate surface area is 38.7 Å². The van der Waals surface area contributed by atoms with Gasteiger partial charge in [0.15, 0.2) is 0 Å². The second-order valence-corrected chi connectivity index (χ2v) is 1.16. The second kappa shape index (κ2) is 0.959. The van der Waals surface area contributed by atoms with Crippen molar-refractivity contribution in [2.45, 2.75) is 6.10 Å². The smallest absolute Gasteiger partial charge is 0.360 e. The third-order valence-electron chi connectivity index (χ3n) is 0.615. The lowest BCUT2D eigenvalue weighted by Gasteiger charge is -1.69. The SMILES string of the molecule is O=C(O)C1OC1=O. The highest BCUT2D eigenvalue weighted by atomic mass is 16.7. The summed E-state index contributed by atoms with van der Waals surface area (Å²) in [5.74, 6) is -1.85. The molecule has 1 heterocycles. The number of cyclic esters (lactones) is 1. The molecule has 1 rings (SSSR count). The van der Waals surface area contributed by atoms with Gasteiger partial charge < -0.3 is 9.84 Å². The Morgan fingerprint density at radius 1 is 1.86 bits per heavy atom. The van der Waals surface area contributed by atoms with E-state index in [0.717, 1.165) is 0 Å². The summed E-state index contributed by atoms with van der Waals surface area (Å²) in [6, 6.07) is 0. The Hall–Kier alpha value is -1.06. The molecule has 0 aromatic carbocycles. The molecule has 1 saturated heterocycles. The highest BCUT2D eigenvalue weighted by Gasteiger charge is 2.45. The molecular weight excluding hydrogens is 100 g/mol. The lowest BCUT2D eigenvalue weighted by molar-refractivity contribution is -0.138. The van der Waals surface area contributed by atoms with E-state index in [1.807, 2.05) is 0 Å². The molecule has 7 heavy (non-hydrogen) atoms. The van der Waals surface area contributed by atoms with E-state index in [0.29, 0.717) is 0 Å². The number of carbonyl (C=O) groups excluding carboxylic acids is 1. The summed E-state index contributed by atoms with van der Waals surface area (Å²) in [6.45, 7) is 0. The van der Waals surface area contributed by atoms with Crippen LogP contribution < -0.4 is 0 Å². The third-order valence-corrected chi connectivity index (χ3v) is 0.615. The lowest BCUT2D eigenvalue weighted by Crippen LogP contribution is -2.04. The number of epoxide rings is 1. The van der Waals surface area contributed by atoms with Crippen molar-refractivity contribution in [3.8, 4) is 0 Å². The number of aliphatic carboxylic acids is 1. The van der Waals surface area contributed by atoms with Gasteiger partial charge in [-0.2, -0.15) is 0 Å².